The summed E-state index contributed by atoms with van der Waals surface area (Å²) in [6.45, 7) is 6.28. The van der Waals surface area contributed by atoms with Crippen molar-refractivity contribution >= 4 is 11.6 Å². The van der Waals surface area contributed by atoms with Crippen LogP contribution in [0, 0.1) is 5.82 Å². The fraction of sp³-hybridized carbons (Fsp3) is 0.588. The van der Waals surface area contributed by atoms with Crippen molar-refractivity contribution in [1.29, 1.82) is 0 Å². The van der Waals surface area contributed by atoms with E-state index >= 15 is 0 Å². The van der Waals surface area contributed by atoms with Gasteiger partial charge in [-0.1, -0.05) is 0 Å². The molecule has 4 nitrogen and oxygen atoms in total. The molecule has 120 valence electrons. The summed E-state index contributed by atoms with van der Waals surface area (Å²) in [7, 11) is 2.08. The monoisotopic (exact) mass is 305 g/mol. The SMILES string of the molecule is CC(C(=O)N1CCN(C)CC1)N1CCCc2cc(F)ccc21. The molecule has 0 radical (unpaired) electrons. The minimum atomic E-state index is -0.196. The van der Waals surface area contributed by atoms with Crippen molar-refractivity contribution in [2.45, 2.75) is 25.8 Å². The lowest BCUT2D eigenvalue weighted by molar-refractivity contribution is -0.133. The van der Waals surface area contributed by atoms with Gasteiger partial charge in [0.1, 0.15) is 11.9 Å². The van der Waals surface area contributed by atoms with Crippen molar-refractivity contribution < 1.29 is 9.18 Å². The first-order valence-electron chi connectivity index (χ1n) is 8.08. The second kappa shape index (κ2) is 6.24. The number of nitrogens with zero attached hydrogens (tertiary/aromatic N) is 3. The Morgan fingerprint density at radius 1 is 1.18 bits per heavy atom. The van der Waals surface area contributed by atoms with Gasteiger partial charge in [-0.2, -0.15) is 0 Å². The van der Waals surface area contributed by atoms with Crippen molar-refractivity contribution in [2.24, 2.45) is 0 Å². The van der Waals surface area contributed by atoms with Gasteiger partial charge < -0.3 is 14.7 Å². The number of aryl methyl sites for hydroxylation is 1. The van der Waals surface area contributed by atoms with Crippen molar-refractivity contribution in [1.82, 2.24) is 9.80 Å². The second-order valence-corrected chi connectivity index (χ2v) is 6.37. The highest BCUT2D eigenvalue weighted by Gasteiger charge is 2.30. The quantitative estimate of drug-likeness (QED) is 0.833. The number of hydrogen-bond donors (Lipinski definition) is 0. The number of carbonyl (C=O) groups is 1. The Morgan fingerprint density at radius 2 is 1.91 bits per heavy atom. The molecular weight excluding hydrogens is 281 g/mol. The van der Waals surface area contributed by atoms with E-state index in [-0.39, 0.29) is 17.8 Å². The number of carbonyl (C=O) groups excluding carboxylic acids is 1. The molecule has 1 saturated heterocycles. The molecule has 0 spiro atoms. The van der Waals surface area contributed by atoms with Crippen molar-refractivity contribution in [2.75, 3.05) is 44.7 Å². The molecule has 1 aromatic rings. The third kappa shape index (κ3) is 2.95. The first kappa shape index (κ1) is 15.3. The van der Waals surface area contributed by atoms with Gasteiger partial charge in [0.25, 0.3) is 0 Å². The molecule has 0 aliphatic carbocycles. The molecule has 1 aromatic carbocycles. The Bertz CT molecular complexity index is 555. The standard InChI is InChI=1S/C17H24FN3O/c1-13(17(22)20-10-8-19(2)9-11-20)21-7-3-4-14-12-15(18)5-6-16(14)21/h5-6,12-13H,3-4,7-11H2,1-2H3. The average molecular weight is 305 g/mol. The van der Waals surface area contributed by atoms with Gasteiger partial charge in [-0.15, -0.1) is 0 Å². The zero-order valence-electron chi connectivity index (χ0n) is 13.4. The first-order valence-corrected chi connectivity index (χ1v) is 8.08. The topological polar surface area (TPSA) is 26.8 Å². The van der Waals surface area contributed by atoms with Gasteiger partial charge in [0.15, 0.2) is 0 Å². The van der Waals surface area contributed by atoms with Crippen LogP contribution in [0.2, 0.25) is 0 Å². The maximum absolute atomic E-state index is 13.4. The van der Waals surface area contributed by atoms with Crippen molar-refractivity contribution in [3.05, 3.63) is 29.6 Å². The lowest BCUT2D eigenvalue weighted by Crippen LogP contribution is -2.54. The highest BCUT2D eigenvalue weighted by molar-refractivity contribution is 5.85. The summed E-state index contributed by atoms with van der Waals surface area (Å²) >= 11 is 0. The predicted octanol–water partition coefficient (Wildman–Crippen LogP) is 1.74. The summed E-state index contributed by atoms with van der Waals surface area (Å²) in [5, 5.41) is 0. The minimum absolute atomic E-state index is 0.185. The summed E-state index contributed by atoms with van der Waals surface area (Å²) in [5.74, 6) is -0.0103. The molecule has 2 aliphatic heterocycles. The number of rotatable bonds is 2. The zero-order chi connectivity index (χ0) is 15.7. The molecule has 22 heavy (non-hydrogen) atoms. The van der Waals surface area contributed by atoms with E-state index in [9.17, 15) is 9.18 Å². The molecule has 1 amide bonds. The number of anilines is 1. The predicted molar refractivity (Wildman–Crippen MR) is 85.6 cm³/mol. The number of likely N-dealkylation sites (N-methyl/N-ethyl adjacent to an activating group) is 1. The number of fused-ring (bicyclic) bond motifs is 1. The molecule has 0 aromatic heterocycles. The molecule has 1 fully saturated rings. The van der Waals surface area contributed by atoms with E-state index in [4.69, 9.17) is 0 Å². The van der Waals surface area contributed by atoms with Gasteiger partial charge in [-0.3, -0.25) is 4.79 Å². The lowest BCUT2D eigenvalue weighted by atomic mass is 9.99. The molecule has 1 atom stereocenters. The molecule has 0 N–H and O–H groups in total. The van der Waals surface area contributed by atoms with E-state index in [1.165, 1.54) is 6.07 Å². The number of halogens is 1. The van der Waals surface area contributed by atoms with Crippen LogP contribution in [-0.2, 0) is 11.2 Å². The van der Waals surface area contributed by atoms with Crippen molar-refractivity contribution in [3.8, 4) is 0 Å². The van der Waals surface area contributed by atoms with Crippen LogP contribution in [0.3, 0.4) is 0 Å². The summed E-state index contributed by atoms with van der Waals surface area (Å²) in [6.07, 6.45) is 1.86. The first-order chi connectivity index (χ1) is 10.6. The van der Waals surface area contributed by atoms with Gasteiger partial charge in [-0.25, -0.2) is 4.39 Å². The molecule has 5 heteroatoms. The van der Waals surface area contributed by atoms with Crippen LogP contribution >= 0.6 is 0 Å². The van der Waals surface area contributed by atoms with Gasteiger partial charge in [-0.05, 0) is 50.6 Å². The second-order valence-electron chi connectivity index (χ2n) is 6.37. The maximum Gasteiger partial charge on any atom is 0.245 e. The minimum Gasteiger partial charge on any atom is -0.360 e. The maximum atomic E-state index is 13.4. The fourth-order valence-corrected chi connectivity index (χ4v) is 3.42. The molecule has 2 heterocycles. The van der Waals surface area contributed by atoms with Crippen LogP contribution in [0.1, 0.15) is 18.9 Å². The largest absolute Gasteiger partial charge is 0.360 e. The molecule has 1 unspecified atom stereocenters. The molecule has 0 bridgehead atoms. The Kier molecular flexibility index (Phi) is 4.34. The summed E-state index contributed by atoms with van der Waals surface area (Å²) in [6, 6.07) is 4.73. The Hall–Kier alpha value is -1.62. The Balaban J connectivity index is 1.75. The van der Waals surface area contributed by atoms with Crippen LogP contribution in [0.5, 0.6) is 0 Å². The van der Waals surface area contributed by atoms with E-state index < -0.39 is 0 Å². The van der Waals surface area contributed by atoms with E-state index in [1.54, 1.807) is 6.07 Å². The smallest absolute Gasteiger partial charge is 0.245 e. The fourth-order valence-electron chi connectivity index (χ4n) is 3.42. The van der Waals surface area contributed by atoms with Crippen molar-refractivity contribution in [3.63, 3.8) is 0 Å². The van der Waals surface area contributed by atoms with Gasteiger partial charge >= 0.3 is 0 Å². The van der Waals surface area contributed by atoms with Crippen LogP contribution in [0.25, 0.3) is 0 Å². The number of hydrogen-bond acceptors (Lipinski definition) is 3. The van der Waals surface area contributed by atoms with E-state index in [0.29, 0.717) is 0 Å². The van der Waals surface area contributed by atoms with E-state index in [2.05, 4.69) is 16.8 Å². The zero-order valence-corrected chi connectivity index (χ0v) is 13.4. The third-order valence-corrected chi connectivity index (χ3v) is 4.84. The van der Waals surface area contributed by atoms with E-state index in [0.717, 1.165) is 56.8 Å². The molecular formula is C17H24FN3O. The average Bonchev–Trinajstić information content (AvgIpc) is 2.53. The van der Waals surface area contributed by atoms with Gasteiger partial charge in [0.05, 0.1) is 0 Å². The van der Waals surface area contributed by atoms with Crippen LogP contribution in [-0.4, -0.2) is 61.5 Å². The summed E-state index contributed by atoms with van der Waals surface area (Å²) in [5.41, 5.74) is 2.03. The molecule has 3 rings (SSSR count). The number of benzene rings is 1. The van der Waals surface area contributed by atoms with Gasteiger partial charge in [0.2, 0.25) is 5.91 Å². The molecule has 0 saturated carbocycles. The van der Waals surface area contributed by atoms with Crippen LogP contribution < -0.4 is 4.90 Å². The number of amides is 1. The lowest BCUT2D eigenvalue weighted by Gasteiger charge is -2.40. The third-order valence-electron chi connectivity index (χ3n) is 4.84. The highest BCUT2D eigenvalue weighted by atomic mass is 19.1. The molecule has 2 aliphatic rings. The Morgan fingerprint density at radius 3 is 2.64 bits per heavy atom. The number of piperazine rings is 1. The highest BCUT2D eigenvalue weighted by Crippen LogP contribution is 2.29. The van der Waals surface area contributed by atoms with Crippen LogP contribution in [0.15, 0.2) is 18.2 Å². The summed E-state index contributed by atoms with van der Waals surface area (Å²) in [4.78, 5) is 19.1. The van der Waals surface area contributed by atoms with Crippen LogP contribution in [0.4, 0.5) is 10.1 Å². The van der Waals surface area contributed by atoms with E-state index in [1.807, 2.05) is 17.9 Å². The Labute approximate surface area is 131 Å². The normalized spacial score (nSPS) is 20.7. The van der Waals surface area contributed by atoms with Gasteiger partial charge in [0, 0.05) is 38.4 Å². The summed E-state index contributed by atoms with van der Waals surface area (Å²) < 4.78 is 13.4.